The minimum absolute atomic E-state index is 0.304. The SMILES string of the molecule is Nc1c(N2CCN(Cc3ccc4c(c3)OCO4)CC2)ncnc1-n1ccnc1. The van der Waals surface area contributed by atoms with E-state index in [1.54, 1.807) is 23.4 Å². The lowest BCUT2D eigenvalue weighted by molar-refractivity contribution is 0.174. The number of rotatable bonds is 4. The molecule has 9 nitrogen and oxygen atoms in total. The molecular formula is C19H21N7O2. The zero-order chi connectivity index (χ0) is 18.9. The van der Waals surface area contributed by atoms with Crippen LogP contribution in [0.25, 0.3) is 5.82 Å². The summed E-state index contributed by atoms with van der Waals surface area (Å²) < 4.78 is 12.7. The van der Waals surface area contributed by atoms with E-state index in [0.717, 1.165) is 50.0 Å². The van der Waals surface area contributed by atoms with Crippen molar-refractivity contribution in [3.63, 3.8) is 0 Å². The number of nitrogens with zero attached hydrogens (tertiary/aromatic N) is 6. The number of benzene rings is 1. The fraction of sp³-hybridized carbons (Fsp3) is 0.316. The summed E-state index contributed by atoms with van der Waals surface area (Å²) >= 11 is 0. The molecule has 9 heteroatoms. The Bertz CT molecular complexity index is 968. The van der Waals surface area contributed by atoms with Gasteiger partial charge in [-0.3, -0.25) is 9.47 Å². The molecule has 144 valence electrons. The van der Waals surface area contributed by atoms with Crippen molar-refractivity contribution in [3.8, 4) is 17.3 Å². The Labute approximate surface area is 162 Å². The first-order chi connectivity index (χ1) is 13.8. The normalized spacial score (nSPS) is 16.5. The third kappa shape index (κ3) is 3.09. The minimum Gasteiger partial charge on any atom is -0.454 e. The van der Waals surface area contributed by atoms with Crippen LogP contribution in [0.5, 0.6) is 11.5 Å². The molecular weight excluding hydrogens is 358 g/mol. The number of fused-ring (bicyclic) bond motifs is 1. The van der Waals surface area contributed by atoms with Crippen LogP contribution in [0.15, 0.2) is 43.2 Å². The molecule has 4 heterocycles. The quantitative estimate of drug-likeness (QED) is 0.725. The molecule has 0 radical (unpaired) electrons. The van der Waals surface area contributed by atoms with Gasteiger partial charge in [-0.15, -0.1) is 0 Å². The smallest absolute Gasteiger partial charge is 0.231 e. The van der Waals surface area contributed by atoms with Gasteiger partial charge in [0.05, 0.1) is 0 Å². The van der Waals surface area contributed by atoms with E-state index < -0.39 is 0 Å². The maximum absolute atomic E-state index is 6.36. The van der Waals surface area contributed by atoms with Gasteiger partial charge < -0.3 is 20.1 Å². The Morgan fingerprint density at radius 2 is 1.82 bits per heavy atom. The first-order valence-corrected chi connectivity index (χ1v) is 9.22. The molecule has 1 saturated heterocycles. The van der Waals surface area contributed by atoms with Crippen molar-refractivity contribution in [1.82, 2.24) is 24.4 Å². The van der Waals surface area contributed by atoms with E-state index in [1.807, 2.05) is 12.3 Å². The van der Waals surface area contributed by atoms with E-state index >= 15 is 0 Å². The van der Waals surface area contributed by atoms with Gasteiger partial charge in [0.15, 0.2) is 23.1 Å². The van der Waals surface area contributed by atoms with Crippen molar-refractivity contribution in [3.05, 3.63) is 48.8 Å². The van der Waals surface area contributed by atoms with Gasteiger partial charge in [-0.2, -0.15) is 0 Å². The number of ether oxygens (including phenoxy) is 2. The van der Waals surface area contributed by atoms with Crippen molar-refractivity contribution in [2.24, 2.45) is 0 Å². The molecule has 2 aliphatic rings. The Hall–Kier alpha value is -3.33. The molecule has 1 aromatic carbocycles. The lowest BCUT2D eigenvalue weighted by Crippen LogP contribution is -2.46. The molecule has 2 aromatic heterocycles. The van der Waals surface area contributed by atoms with Crippen LogP contribution < -0.4 is 20.1 Å². The van der Waals surface area contributed by atoms with E-state index in [4.69, 9.17) is 15.2 Å². The summed E-state index contributed by atoms with van der Waals surface area (Å²) in [6.07, 6.45) is 6.77. The fourth-order valence-corrected chi connectivity index (χ4v) is 3.63. The van der Waals surface area contributed by atoms with Gasteiger partial charge >= 0.3 is 0 Å². The first-order valence-electron chi connectivity index (χ1n) is 9.22. The standard InChI is InChI=1S/C19H21N7O2/c20-17-18(22-11-23-19(17)26-4-3-21-12-26)25-7-5-24(6-8-25)10-14-1-2-15-16(9-14)28-13-27-15/h1-4,9,11-12H,5-8,10,13,20H2. The highest BCUT2D eigenvalue weighted by Crippen LogP contribution is 2.33. The summed E-state index contributed by atoms with van der Waals surface area (Å²) in [7, 11) is 0. The lowest BCUT2D eigenvalue weighted by atomic mass is 10.1. The van der Waals surface area contributed by atoms with Gasteiger partial charge in [-0.05, 0) is 17.7 Å². The lowest BCUT2D eigenvalue weighted by Gasteiger charge is -2.36. The van der Waals surface area contributed by atoms with E-state index in [9.17, 15) is 0 Å². The van der Waals surface area contributed by atoms with Gasteiger partial charge in [-0.1, -0.05) is 6.07 Å². The Morgan fingerprint density at radius 3 is 2.64 bits per heavy atom. The topological polar surface area (TPSA) is 94.6 Å². The van der Waals surface area contributed by atoms with Crippen LogP contribution in [-0.4, -0.2) is 57.4 Å². The maximum atomic E-state index is 6.36. The second kappa shape index (κ2) is 7.01. The molecule has 5 rings (SSSR count). The van der Waals surface area contributed by atoms with Crippen molar-refractivity contribution < 1.29 is 9.47 Å². The molecule has 28 heavy (non-hydrogen) atoms. The van der Waals surface area contributed by atoms with Crippen LogP contribution in [0, 0.1) is 0 Å². The molecule has 3 aromatic rings. The van der Waals surface area contributed by atoms with Gasteiger partial charge in [0.1, 0.15) is 18.3 Å². The van der Waals surface area contributed by atoms with Crippen molar-refractivity contribution in [2.75, 3.05) is 43.6 Å². The number of nitrogen functional groups attached to an aromatic ring is 1. The molecule has 0 amide bonds. The number of aromatic nitrogens is 4. The molecule has 0 bridgehead atoms. The average Bonchev–Trinajstić information content (AvgIpc) is 3.40. The fourth-order valence-electron chi connectivity index (χ4n) is 3.63. The van der Waals surface area contributed by atoms with Crippen LogP contribution in [0.2, 0.25) is 0 Å². The summed E-state index contributed by atoms with van der Waals surface area (Å²) in [5.41, 5.74) is 8.16. The molecule has 2 N–H and O–H groups in total. The average molecular weight is 379 g/mol. The number of anilines is 2. The van der Waals surface area contributed by atoms with E-state index in [0.29, 0.717) is 18.3 Å². The monoisotopic (exact) mass is 379 g/mol. The van der Waals surface area contributed by atoms with Gasteiger partial charge in [0.2, 0.25) is 6.79 Å². The van der Waals surface area contributed by atoms with Gasteiger partial charge in [-0.25, -0.2) is 15.0 Å². The molecule has 0 aliphatic carbocycles. The molecule has 2 aliphatic heterocycles. The molecule has 0 spiro atoms. The van der Waals surface area contributed by atoms with Crippen LogP contribution >= 0.6 is 0 Å². The van der Waals surface area contributed by atoms with Crippen molar-refractivity contribution >= 4 is 11.5 Å². The van der Waals surface area contributed by atoms with E-state index in [2.05, 4.69) is 36.9 Å². The van der Waals surface area contributed by atoms with Gasteiger partial charge in [0, 0.05) is 45.1 Å². The number of nitrogens with two attached hydrogens (primary N) is 1. The van der Waals surface area contributed by atoms with Crippen LogP contribution in [0.3, 0.4) is 0 Å². The summed E-state index contributed by atoms with van der Waals surface area (Å²) in [5.74, 6) is 3.09. The second-order valence-electron chi connectivity index (χ2n) is 6.86. The Kier molecular flexibility index (Phi) is 4.21. The van der Waals surface area contributed by atoms with Crippen molar-refractivity contribution in [2.45, 2.75) is 6.54 Å². The second-order valence-corrected chi connectivity index (χ2v) is 6.86. The highest BCUT2D eigenvalue weighted by atomic mass is 16.7. The molecule has 0 saturated carbocycles. The highest BCUT2D eigenvalue weighted by Gasteiger charge is 2.22. The van der Waals surface area contributed by atoms with Crippen LogP contribution in [0.1, 0.15) is 5.56 Å². The summed E-state index contributed by atoms with van der Waals surface area (Å²) in [6, 6.07) is 6.14. The third-order valence-corrected chi connectivity index (χ3v) is 5.11. The van der Waals surface area contributed by atoms with E-state index in [1.165, 1.54) is 5.56 Å². The molecule has 0 unspecified atom stereocenters. The number of imidazole rings is 1. The van der Waals surface area contributed by atoms with E-state index in [-0.39, 0.29) is 0 Å². The third-order valence-electron chi connectivity index (χ3n) is 5.11. The van der Waals surface area contributed by atoms with Crippen LogP contribution in [0.4, 0.5) is 11.5 Å². The Balaban J connectivity index is 1.26. The zero-order valence-electron chi connectivity index (χ0n) is 15.4. The summed E-state index contributed by atoms with van der Waals surface area (Å²) in [4.78, 5) is 17.4. The number of hydrogen-bond acceptors (Lipinski definition) is 8. The summed E-state index contributed by atoms with van der Waals surface area (Å²) in [6.45, 7) is 4.75. The predicted octanol–water partition coefficient (Wildman–Crippen LogP) is 1.30. The number of hydrogen-bond donors (Lipinski definition) is 1. The largest absolute Gasteiger partial charge is 0.454 e. The van der Waals surface area contributed by atoms with Gasteiger partial charge in [0.25, 0.3) is 0 Å². The first kappa shape index (κ1) is 16.8. The maximum Gasteiger partial charge on any atom is 0.231 e. The minimum atomic E-state index is 0.304. The molecule has 1 fully saturated rings. The Morgan fingerprint density at radius 1 is 1.00 bits per heavy atom. The zero-order valence-corrected chi connectivity index (χ0v) is 15.4. The highest BCUT2D eigenvalue weighted by molar-refractivity contribution is 5.70. The van der Waals surface area contributed by atoms with Crippen molar-refractivity contribution in [1.29, 1.82) is 0 Å². The predicted molar refractivity (Wildman–Crippen MR) is 104 cm³/mol. The number of piperazine rings is 1. The summed E-state index contributed by atoms with van der Waals surface area (Å²) in [5, 5.41) is 0. The van der Waals surface area contributed by atoms with Crippen LogP contribution in [-0.2, 0) is 6.54 Å². The molecule has 0 atom stereocenters.